The first-order valence-electron chi connectivity index (χ1n) is 4.20. The Morgan fingerprint density at radius 3 is 2.67 bits per heavy atom. The first kappa shape index (κ1) is 8.01. The van der Waals surface area contributed by atoms with E-state index in [9.17, 15) is 15.0 Å². The predicted octanol–water partition coefficient (Wildman–Crippen LogP) is -0.709. The summed E-state index contributed by atoms with van der Waals surface area (Å²) in [4.78, 5) is 10.9. The molecule has 0 aromatic heterocycles. The van der Waals surface area contributed by atoms with E-state index in [1.54, 1.807) is 0 Å². The minimum Gasteiger partial charge on any atom is -0.465 e. The van der Waals surface area contributed by atoms with Gasteiger partial charge in [0, 0.05) is 5.92 Å². The Morgan fingerprint density at radius 1 is 1.25 bits per heavy atom. The second-order valence-electron chi connectivity index (χ2n) is 3.62. The maximum atomic E-state index is 10.9. The van der Waals surface area contributed by atoms with Crippen molar-refractivity contribution in [3.8, 4) is 0 Å². The highest BCUT2D eigenvalue weighted by molar-refractivity contribution is 5.70. The molecular weight excluding hydrogens is 160 g/mol. The normalized spacial score (nSPS) is 47.0. The fourth-order valence-electron chi connectivity index (χ4n) is 2.07. The van der Waals surface area contributed by atoms with Crippen LogP contribution in [0.4, 0.5) is 0 Å². The predicted molar refractivity (Wildman–Crippen MR) is 39.2 cm³/mol. The zero-order valence-corrected chi connectivity index (χ0v) is 6.64. The SMILES string of the molecule is O=C1CC2CC(CO1)C(O)C2O. The van der Waals surface area contributed by atoms with Gasteiger partial charge in [0.05, 0.1) is 25.2 Å². The standard InChI is InChI=1S/C8H12O4/c9-6-2-4-1-5(3-12-6)8(11)7(4)10/h4-5,7-8,10-11H,1-3H2. The average Bonchev–Trinajstić information content (AvgIpc) is 2.28. The van der Waals surface area contributed by atoms with Crippen LogP contribution in [-0.2, 0) is 9.53 Å². The van der Waals surface area contributed by atoms with Crippen molar-refractivity contribution in [3.63, 3.8) is 0 Å². The molecule has 1 heterocycles. The Hall–Kier alpha value is -0.610. The lowest BCUT2D eigenvalue weighted by molar-refractivity contribution is -0.148. The number of ether oxygens (including phenoxy) is 1. The highest BCUT2D eigenvalue weighted by Crippen LogP contribution is 2.36. The van der Waals surface area contributed by atoms with Gasteiger partial charge in [-0.05, 0) is 12.3 Å². The van der Waals surface area contributed by atoms with E-state index in [2.05, 4.69) is 0 Å². The van der Waals surface area contributed by atoms with E-state index >= 15 is 0 Å². The van der Waals surface area contributed by atoms with Crippen molar-refractivity contribution in [2.75, 3.05) is 6.61 Å². The Balaban J connectivity index is 2.15. The third kappa shape index (κ3) is 1.11. The third-order valence-corrected chi connectivity index (χ3v) is 2.81. The van der Waals surface area contributed by atoms with Gasteiger partial charge in [0.15, 0.2) is 0 Å². The molecule has 0 aromatic rings. The first-order valence-corrected chi connectivity index (χ1v) is 4.20. The molecule has 1 aliphatic carbocycles. The van der Waals surface area contributed by atoms with Gasteiger partial charge >= 0.3 is 5.97 Å². The summed E-state index contributed by atoms with van der Waals surface area (Å²) < 4.78 is 4.85. The molecular formula is C8H12O4. The van der Waals surface area contributed by atoms with E-state index < -0.39 is 12.2 Å². The molecule has 2 N–H and O–H groups in total. The van der Waals surface area contributed by atoms with Crippen LogP contribution in [0.5, 0.6) is 0 Å². The number of rotatable bonds is 0. The zero-order chi connectivity index (χ0) is 8.72. The van der Waals surface area contributed by atoms with Crippen LogP contribution in [0.1, 0.15) is 12.8 Å². The molecule has 2 bridgehead atoms. The van der Waals surface area contributed by atoms with Gasteiger partial charge in [0.2, 0.25) is 0 Å². The minimum atomic E-state index is -0.733. The van der Waals surface area contributed by atoms with Crippen molar-refractivity contribution >= 4 is 5.97 Å². The summed E-state index contributed by atoms with van der Waals surface area (Å²) in [6, 6.07) is 0. The van der Waals surface area contributed by atoms with Crippen LogP contribution in [0, 0.1) is 11.8 Å². The van der Waals surface area contributed by atoms with Crippen molar-refractivity contribution in [3.05, 3.63) is 0 Å². The molecule has 0 aromatic carbocycles. The third-order valence-electron chi connectivity index (χ3n) is 2.81. The molecule has 1 saturated carbocycles. The fourth-order valence-corrected chi connectivity index (χ4v) is 2.07. The molecule has 4 nitrogen and oxygen atoms in total. The number of hydrogen-bond acceptors (Lipinski definition) is 4. The van der Waals surface area contributed by atoms with Crippen molar-refractivity contribution in [1.82, 2.24) is 0 Å². The Morgan fingerprint density at radius 2 is 1.92 bits per heavy atom. The summed E-state index contributed by atoms with van der Waals surface area (Å²) in [6.07, 6.45) is -0.492. The largest absolute Gasteiger partial charge is 0.465 e. The van der Waals surface area contributed by atoms with E-state index in [0.717, 1.165) is 0 Å². The van der Waals surface area contributed by atoms with Crippen LogP contribution >= 0.6 is 0 Å². The molecule has 2 aliphatic rings. The summed E-state index contributed by atoms with van der Waals surface area (Å²) in [5, 5.41) is 18.9. The van der Waals surface area contributed by atoms with E-state index in [4.69, 9.17) is 4.74 Å². The highest BCUT2D eigenvalue weighted by Gasteiger charge is 2.44. The van der Waals surface area contributed by atoms with Crippen LogP contribution in [0.25, 0.3) is 0 Å². The van der Waals surface area contributed by atoms with E-state index in [-0.39, 0.29) is 30.8 Å². The smallest absolute Gasteiger partial charge is 0.306 e. The van der Waals surface area contributed by atoms with Gasteiger partial charge in [-0.25, -0.2) is 0 Å². The van der Waals surface area contributed by atoms with Crippen molar-refractivity contribution in [2.24, 2.45) is 11.8 Å². The monoisotopic (exact) mass is 172 g/mol. The van der Waals surface area contributed by atoms with Crippen LogP contribution in [0.3, 0.4) is 0 Å². The van der Waals surface area contributed by atoms with E-state index in [1.165, 1.54) is 0 Å². The van der Waals surface area contributed by atoms with Gasteiger partial charge in [0.25, 0.3) is 0 Å². The molecule has 0 amide bonds. The molecule has 4 atom stereocenters. The number of cyclic esters (lactones) is 1. The molecule has 0 radical (unpaired) electrons. The minimum absolute atomic E-state index is 0.0588. The molecule has 2 rings (SSSR count). The topological polar surface area (TPSA) is 66.8 Å². The Labute approximate surface area is 70.1 Å². The quantitative estimate of drug-likeness (QED) is 0.474. The maximum Gasteiger partial charge on any atom is 0.306 e. The molecule has 68 valence electrons. The number of carbonyl (C=O) groups excluding carboxylic acids is 1. The van der Waals surface area contributed by atoms with Gasteiger partial charge in [-0.1, -0.05) is 0 Å². The highest BCUT2D eigenvalue weighted by atomic mass is 16.5. The second-order valence-corrected chi connectivity index (χ2v) is 3.62. The van der Waals surface area contributed by atoms with E-state index in [0.29, 0.717) is 6.42 Å². The second kappa shape index (κ2) is 2.71. The summed E-state index contributed by atoms with van der Waals surface area (Å²) in [5.74, 6) is -0.412. The summed E-state index contributed by atoms with van der Waals surface area (Å²) in [5.41, 5.74) is 0. The summed E-state index contributed by atoms with van der Waals surface area (Å²) in [7, 11) is 0. The Kier molecular flexibility index (Phi) is 1.81. The lowest BCUT2D eigenvalue weighted by atomic mass is 10.0. The number of carbonyl (C=O) groups is 1. The van der Waals surface area contributed by atoms with Crippen molar-refractivity contribution < 1.29 is 19.7 Å². The first-order chi connectivity index (χ1) is 5.68. The maximum absolute atomic E-state index is 10.9. The average molecular weight is 172 g/mol. The van der Waals surface area contributed by atoms with Crippen LogP contribution in [-0.4, -0.2) is 35.0 Å². The van der Waals surface area contributed by atoms with E-state index in [1.807, 2.05) is 0 Å². The number of hydrogen-bond donors (Lipinski definition) is 2. The molecule has 2 fully saturated rings. The number of fused-ring (bicyclic) bond motifs is 2. The zero-order valence-electron chi connectivity index (χ0n) is 6.64. The summed E-state index contributed by atoms with van der Waals surface area (Å²) in [6.45, 7) is 0.258. The fraction of sp³-hybridized carbons (Fsp3) is 0.875. The van der Waals surface area contributed by atoms with Gasteiger partial charge in [-0.2, -0.15) is 0 Å². The van der Waals surface area contributed by atoms with Crippen LogP contribution in [0.2, 0.25) is 0 Å². The molecule has 1 saturated heterocycles. The molecule has 4 unspecified atom stereocenters. The van der Waals surface area contributed by atoms with Crippen LogP contribution < -0.4 is 0 Å². The van der Waals surface area contributed by atoms with Crippen LogP contribution in [0.15, 0.2) is 0 Å². The van der Waals surface area contributed by atoms with Gasteiger partial charge < -0.3 is 14.9 Å². The lowest BCUT2D eigenvalue weighted by Gasteiger charge is -2.19. The molecule has 1 aliphatic heterocycles. The summed E-state index contributed by atoms with van der Waals surface area (Å²) >= 11 is 0. The lowest BCUT2D eigenvalue weighted by Crippen LogP contribution is -2.33. The molecule has 12 heavy (non-hydrogen) atoms. The number of esters is 1. The number of aliphatic hydroxyl groups is 2. The van der Waals surface area contributed by atoms with Gasteiger partial charge in [0.1, 0.15) is 0 Å². The molecule has 0 spiro atoms. The van der Waals surface area contributed by atoms with Gasteiger partial charge in [-0.3, -0.25) is 4.79 Å². The molecule has 4 heteroatoms. The Bertz CT molecular complexity index is 203. The van der Waals surface area contributed by atoms with Crippen molar-refractivity contribution in [1.29, 1.82) is 0 Å². The van der Waals surface area contributed by atoms with Gasteiger partial charge in [-0.15, -0.1) is 0 Å². The van der Waals surface area contributed by atoms with Crippen molar-refractivity contribution in [2.45, 2.75) is 25.0 Å². The number of aliphatic hydroxyl groups excluding tert-OH is 2.